The normalized spacial score (nSPS) is 26.2. The highest BCUT2D eigenvalue weighted by molar-refractivity contribution is 7.88. The van der Waals surface area contributed by atoms with Crippen LogP contribution in [0.4, 0.5) is 5.82 Å². The van der Waals surface area contributed by atoms with Gasteiger partial charge in [-0.1, -0.05) is 0 Å². The van der Waals surface area contributed by atoms with Crippen molar-refractivity contribution in [1.29, 1.82) is 0 Å². The first-order valence-electron chi connectivity index (χ1n) is 9.25. The van der Waals surface area contributed by atoms with Crippen LogP contribution in [0, 0.1) is 0 Å². The van der Waals surface area contributed by atoms with Gasteiger partial charge in [-0.3, -0.25) is 4.90 Å². The molecule has 5 rings (SSSR count). The molecule has 0 aromatic carbocycles. The van der Waals surface area contributed by atoms with Crippen LogP contribution >= 0.6 is 11.6 Å². The van der Waals surface area contributed by atoms with Gasteiger partial charge < -0.3 is 14.2 Å². The minimum absolute atomic E-state index is 0.0998. The van der Waals surface area contributed by atoms with Crippen LogP contribution in [0.2, 0.25) is 5.28 Å². The predicted molar refractivity (Wildman–Crippen MR) is 104 cm³/mol. The first-order chi connectivity index (χ1) is 13.3. The van der Waals surface area contributed by atoms with E-state index in [1.807, 2.05) is 11.6 Å². The van der Waals surface area contributed by atoms with Crippen LogP contribution in [0.15, 0.2) is 0 Å². The number of aryl methyl sites for hydroxylation is 1. The molecule has 0 bridgehead atoms. The van der Waals surface area contributed by atoms with Gasteiger partial charge in [0.2, 0.25) is 15.3 Å². The lowest BCUT2D eigenvalue weighted by molar-refractivity contribution is -0.0850. The fourth-order valence-electron chi connectivity index (χ4n) is 4.25. The van der Waals surface area contributed by atoms with Crippen molar-refractivity contribution in [2.24, 2.45) is 7.05 Å². The molecule has 0 amide bonds. The number of sulfonamides is 1. The zero-order valence-electron chi connectivity index (χ0n) is 15.7. The first-order valence-corrected chi connectivity index (χ1v) is 11.5. The Bertz CT molecular complexity index is 1040. The van der Waals surface area contributed by atoms with E-state index in [-0.39, 0.29) is 17.4 Å². The molecule has 2 aromatic rings. The number of anilines is 1. The van der Waals surface area contributed by atoms with Crippen molar-refractivity contribution in [2.45, 2.75) is 18.6 Å². The molecule has 0 spiro atoms. The van der Waals surface area contributed by atoms with E-state index in [9.17, 15) is 8.42 Å². The standard InChI is InChI=1S/C16H22ClN7O3S/c1-21-12(9-23-7-11-10(23)8-24(11)28(2,25)26)18-13-14(21)19-16(17)20-15(13)22-3-5-27-6-4-22/h10-11H,3-9H2,1-2H3/t10?,11-/m1/s1. The fourth-order valence-corrected chi connectivity index (χ4v) is 5.53. The Kier molecular flexibility index (Phi) is 4.29. The average molecular weight is 428 g/mol. The van der Waals surface area contributed by atoms with E-state index >= 15 is 0 Å². The maximum absolute atomic E-state index is 11.7. The van der Waals surface area contributed by atoms with E-state index in [4.69, 9.17) is 21.3 Å². The maximum Gasteiger partial charge on any atom is 0.226 e. The predicted octanol–water partition coefficient (Wildman–Crippen LogP) is -0.319. The largest absolute Gasteiger partial charge is 0.378 e. The SMILES string of the molecule is Cn1c(CN2C[C@@H]3C2CN3S(C)(=O)=O)nc2c(N3CCOCC3)nc(Cl)nc21. The number of ether oxygens (including phenoxy) is 1. The van der Waals surface area contributed by atoms with Crippen LogP contribution in [-0.2, 0) is 28.4 Å². The highest BCUT2D eigenvalue weighted by atomic mass is 35.5. The molecular formula is C16H22ClN7O3S. The van der Waals surface area contributed by atoms with Crippen molar-refractivity contribution in [3.8, 4) is 0 Å². The summed E-state index contributed by atoms with van der Waals surface area (Å²) >= 11 is 6.18. The lowest BCUT2D eigenvalue weighted by atomic mass is 9.88. The van der Waals surface area contributed by atoms with Gasteiger partial charge in [0, 0.05) is 39.3 Å². The molecule has 3 aliphatic rings. The van der Waals surface area contributed by atoms with Gasteiger partial charge in [0.15, 0.2) is 17.0 Å². The van der Waals surface area contributed by atoms with E-state index in [1.165, 1.54) is 6.26 Å². The summed E-state index contributed by atoms with van der Waals surface area (Å²) < 4.78 is 32.4. The lowest BCUT2D eigenvalue weighted by Gasteiger charge is -2.60. The summed E-state index contributed by atoms with van der Waals surface area (Å²) in [5.74, 6) is 1.62. The van der Waals surface area contributed by atoms with Crippen LogP contribution in [0.1, 0.15) is 5.82 Å². The number of fused-ring (bicyclic) bond motifs is 2. The highest BCUT2D eigenvalue weighted by Gasteiger charge is 2.54. The third-order valence-electron chi connectivity index (χ3n) is 5.92. The Labute approximate surface area is 168 Å². The van der Waals surface area contributed by atoms with Crippen LogP contribution < -0.4 is 4.90 Å². The van der Waals surface area contributed by atoms with E-state index in [0.29, 0.717) is 32.0 Å². The summed E-state index contributed by atoms with van der Waals surface area (Å²) in [4.78, 5) is 18.0. The number of morpholine rings is 1. The molecular weight excluding hydrogens is 406 g/mol. The van der Waals surface area contributed by atoms with Gasteiger partial charge in [-0.15, -0.1) is 0 Å². The van der Waals surface area contributed by atoms with Gasteiger partial charge in [-0.2, -0.15) is 14.3 Å². The summed E-state index contributed by atoms with van der Waals surface area (Å²) in [7, 11) is -1.18. The van der Waals surface area contributed by atoms with Gasteiger partial charge in [0.25, 0.3) is 0 Å². The van der Waals surface area contributed by atoms with Crippen molar-refractivity contribution < 1.29 is 13.2 Å². The van der Waals surface area contributed by atoms with Gasteiger partial charge >= 0.3 is 0 Å². The summed E-state index contributed by atoms with van der Waals surface area (Å²) in [6, 6.07) is 0.366. The Morgan fingerprint density at radius 2 is 1.89 bits per heavy atom. The molecule has 3 fully saturated rings. The second-order valence-electron chi connectivity index (χ2n) is 7.57. The van der Waals surface area contributed by atoms with Gasteiger partial charge in [0.05, 0.1) is 32.1 Å². The van der Waals surface area contributed by atoms with Gasteiger partial charge in [-0.25, -0.2) is 13.4 Å². The van der Waals surface area contributed by atoms with Crippen molar-refractivity contribution in [2.75, 3.05) is 50.5 Å². The zero-order valence-corrected chi connectivity index (χ0v) is 17.3. The van der Waals surface area contributed by atoms with Crippen molar-refractivity contribution in [3.05, 3.63) is 11.1 Å². The molecule has 0 N–H and O–H groups in total. The molecule has 10 nitrogen and oxygen atoms in total. The molecule has 2 atom stereocenters. The summed E-state index contributed by atoms with van der Waals surface area (Å²) in [6.07, 6.45) is 1.27. The number of halogens is 1. The van der Waals surface area contributed by atoms with Crippen molar-refractivity contribution in [1.82, 2.24) is 28.7 Å². The number of likely N-dealkylation sites (tertiary alicyclic amines) is 1. The van der Waals surface area contributed by atoms with Crippen LogP contribution in [0.25, 0.3) is 11.2 Å². The van der Waals surface area contributed by atoms with Gasteiger partial charge in [-0.05, 0) is 11.6 Å². The summed E-state index contributed by atoms with van der Waals surface area (Å²) in [6.45, 7) is 4.71. The van der Waals surface area contributed by atoms with E-state index in [0.717, 1.165) is 36.8 Å². The summed E-state index contributed by atoms with van der Waals surface area (Å²) in [5, 5.41) is 0.204. The van der Waals surface area contributed by atoms with Crippen molar-refractivity contribution >= 4 is 38.6 Å². The number of aromatic nitrogens is 4. The second-order valence-corrected chi connectivity index (χ2v) is 9.84. The molecule has 5 heterocycles. The monoisotopic (exact) mass is 427 g/mol. The molecule has 152 valence electrons. The molecule has 28 heavy (non-hydrogen) atoms. The van der Waals surface area contributed by atoms with Gasteiger partial charge in [0.1, 0.15) is 5.82 Å². The number of imidazole rings is 1. The minimum Gasteiger partial charge on any atom is -0.378 e. The Morgan fingerprint density at radius 1 is 1.14 bits per heavy atom. The Hall–Kier alpha value is -1.53. The molecule has 0 aliphatic carbocycles. The molecule has 3 saturated heterocycles. The molecule has 12 heteroatoms. The number of nitrogens with zero attached hydrogens (tertiary/aromatic N) is 7. The second kappa shape index (κ2) is 6.49. The van der Waals surface area contributed by atoms with E-state index in [2.05, 4.69) is 19.8 Å². The third-order valence-corrected chi connectivity index (χ3v) is 7.36. The molecule has 0 saturated carbocycles. The van der Waals surface area contributed by atoms with Crippen LogP contribution in [0.3, 0.4) is 0 Å². The number of rotatable bonds is 4. The first kappa shape index (κ1) is 18.5. The third kappa shape index (κ3) is 2.88. The fraction of sp³-hybridized carbons (Fsp3) is 0.688. The highest BCUT2D eigenvalue weighted by Crippen LogP contribution is 2.36. The number of piperazine rings is 1. The molecule has 2 aromatic heterocycles. The summed E-state index contributed by atoms with van der Waals surface area (Å²) in [5.41, 5.74) is 1.45. The number of hydrogen-bond donors (Lipinski definition) is 0. The maximum atomic E-state index is 11.7. The van der Waals surface area contributed by atoms with Crippen LogP contribution in [-0.4, -0.2) is 94.9 Å². The quantitative estimate of drug-likeness (QED) is 0.612. The topological polar surface area (TPSA) is 96.7 Å². The van der Waals surface area contributed by atoms with E-state index in [1.54, 1.807) is 4.31 Å². The Balaban J connectivity index is 1.40. The zero-order chi connectivity index (χ0) is 19.6. The van der Waals surface area contributed by atoms with Crippen molar-refractivity contribution in [3.63, 3.8) is 0 Å². The average Bonchev–Trinajstić information content (AvgIpc) is 2.94. The molecule has 3 aliphatic heterocycles. The molecule has 1 unspecified atom stereocenters. The Morgan fingerprint density at radius 3 is 2.54 bits per heavy atom. The number of hydrogen-bond acceptors (Lipinski definition) is 8. The smallest absolute Gasteiger partial charge is 0.226 e. The van der Waals surface area contributed by atoms with E-state index < -0.39 is 10.0 Å². The lowest BCUT2D eigenvalue weighted by Crippen LogP contribution is -2.79. The molecule has 0 radical (unpaired) electrons. The van der Waals surface area contributed by atoms with Crippen LogP contribution in [0.5, 0.6) is 0 Å². The minimum atomic E-state index is -3.11.